The summed E-state index contributed by atoms with van der Waals surface area (Å²) in [6.45, 7) is 4.26. The summed E-state index contributed by atoms with van der Waals surface area (Å²) in [6.07, 6.45) is -3.16. The molecule has 1 aromatic carbocycles. The number of hydrazine groups is 1. The first-order valence-corrected chi connectivity index (χ1v) is 8.25. The second-order valence-corrected chi connectivity index (χ2v) is 6.75. The van der Waals surface area contributed by atoms with E-state index < -0.39 is 6.36 Å². The number of hydrogen-bond acceptors (Lipinski definition) is 4. The van der Waals surface area contributed by atoms with Gasteiger partial charge in [0.2, 0.25) is 5.91 Å². The second-order valence-electron chi connectivity index (χ2n) is 6.75. The molecule has 140 valence electrons. The molecule has 1 saturated heterocycles. The molecule has 0 saturated carbocycles. The molecule has 25 heavy (non-hydrogen) atoms. The van der Waals surface area contributed by atoms with Gasteiger partial charge in [-0.15, -0.1) is 13.2 Å². The Morgan fingerprint density at radius 2 is 2.00 bits per heavy atom. The van der Waals surface area contributed by atoms with Crippen LogP contribution >= 0.6 is 0 Å². The number of rotatable bonds is 6. The molecule has 2 atom stereocenters. The zero-order valence-corrected chi connectivity index (χ0v) is 14.6. The van der Waals surface area contributed by atoms with Gasteiger partial charge < -0.3 is 9.64 Å². The maximum Gasteiger partial charge on any atom is 0.573 e. The molecule has 2 rings (SSSR count). The van der Waals surface area contributed by atoms with E-state index in [9.17, 15) is 18.0 Å². The minimum absolute atomic E-state index is 0.0398. The van der Waals surface area contributed by atoms with Gasteiger partial charge in [0.1, 0.15) is 11.8 Å². The average molecular weight is 359 g/mol. The number of ether oxygens (including phenoxy) is 1. The number of nitrogens with one attached hydrogen (secondary N) is 2. The highest BCUT2D eigenvalue weighted by atomic mass is 19.4. The van der Waals surface area contributed by atoms with E-state index in [0.717, 1.165) is 6.42 Å². The number of carbonyl (C=O) groups excluding carboxylic acids is 1. The fourth-order valence-electron chi connectivity index (χ4n) is 2.97. The maximum absolute atomic E-state index is 12.5. The lowest BCUT2D eigenvalue weighted by Gasteiger charge is -2.22. The van der Waals surface area contributed by atoms with Crippen molar-refractivity contribution in [1.82, 2.24) is 15.8 Å². The van der Waals surface area contributed by atoms with Crippen LogP contribution in [-0.4, -0.2) is 36.3 Å². The lowest BCUT2D eigenvalue weighted by atomic mass is 9.99. The Labute approximate surface area is 145 Å². The summed E-state index contributed by atoms with van der Waals surface area (Å²) in [7, 11) is 1.57. The number of amides is 1. The van der Waals surface area contributed by atoms with Gasteiger partial charge in [-0.25, -0.2) is 5.43 Å². The Morgan fingerprint density at radius 1 is 1.32 bits per heavy atom. The number of likely N-dealkylation sites (N-methyl/N-ethyl adjacent to an activating group) is 1. The second kappa shape index (κ2) is 8.05. The Morgan fingerprint density at radius 3 is 2.64 bits per heavy atom. The van der Waals surface area contributed by atoms with Gasteiger partial charge in [0, 0.05) is 25.2 Å². The molecule has 0 aromatic heterocycles. The van der Waals surface area contributed by atoms with Crippen LogP contribution in [0.25, 0.3) is 0 Å². The van der Waals surface area contributed by atoms with Gasteiger partial charge in [0.15, 0.2) is 0 Å². The summed E-state index contributed by atoms with van der Waals surface area (Å²) in [5.41, 5.74) is 6.39. The molecule has 1 fully saturated rings. The predicted octanol–water partition coefficient (Wildman–Crippen LogP) is 2.82. The summed E-state index contributed by atoms with van der Waals surface area (Å²) in [4.78, 5) is 14.0. The van der Waals surface area contributed by atoms with E-state index in [1.54, 1.807) is 13.1 Å². The maximum atomic E-state index is 12.5. The fourth-order valence-corrected chi connectivity index (χ4v) is 2.97. The third-order valence-corrected chi connectivity index (χ3v) is 4.02. The molecule has 0 bridgehead atoms. The molecule has 2 N–H and O–H groups in total. The van der Waals surface area contributed by atoms with Crippen molar-refractivity contribution in [2.24, 2.45) is 5.92 Å². The molecule has 1 aliphatic heterocycles. The molecule has 1 amide bonds. The lowest BCUT2D eigenvalue weighted by molar-refractivity contribution is -0.275. The van der Waals surface area contributed by atoms with Crippen molar-refractivity contribution < 1.29 is 22.7 Å². The van der Waals surface area contributed by atoms with Crippen LogP contribution in [0.1, 0.15) is 32.3 Å². The lowest BCUT2D eigenvalue weighted by Crippen LogP contribution is -2.44. The molecule has 8 heteroatoms. The van der Waals surface area contributed by atoms with Crippen molar-refractivity contribution in [2.75, 3.05) is 7.05 Å². The zero-order valence-electron chi connectivity index (χ0n) is 14.6. The van der Waals surface area contributed by atoms with Crippen LogP contribution < -0.4 is 15.6 Å². The first kappa shape index (κ1) is 19.5. The number of hydrogen-bond donors (Lipinski definition) is 2. The average Bonchev–Trinajstić information content (AvgIpc) is 2.94. The Kier molecular flexibility index (Phi) is 6.29. The fraction of sp³-hybridized carbons (Fsp3) is 0.588. The van der Waals surface area contributed by atoms with Crippen LogP contribution in [0.4, 0.5) is 13.2 Å². The van der Waals surface area contributed by atoms with Crippen molar-refractivity contribution in [3.63, 3.8) is 0 Å². The van der Waals surface area contributed by atoms with Crippen LogP contribution in [0.15, 0.2) is 24.3 Å². The molecule has 1 heterocycles. The van der Waals surface area contributed by atoms with Crippen LogP contribution in [-0.2, 0) is 11.3 Å². The van der Waals surface area contributed by atoms with E-state index in [-0.39, 0.29) is 30.3 Å². The van der Waals surface area contributed by atoms with Crippen molar-refractivity contribution in [1.29, 1.82) is 0 Å². The van der Waals surface area contributed by atoms with Crippen molar-refractivity contribution in [3.05, 3.63) is 29.8 Å². The van der Waals surface area contributed by atoms with Crippen LogP contribution in [0.5, 0.6) is 5.75 Å². The highest BCUT2D eigenvalue weighted by Crippen LogP contribution is 2.27. The van der Waals surface area contributed by atoms with E-state index in [1.165, 1.54) is 23.1 Å². The molecule has 1 aliphatic rings. The van der Waals surface area contributed by atoms with Gasteiger partial charge in [0.05, 0.1) is 0 Å². The van der Waals surface area contributed by atoms with Gasteiger partial charge in [-0.3, -0.25) is 10.2 Å². The Hall–Kier alpha value is -1.80. The summed E-state index contributed by atoms with van der Waals surface area (Å²) in [6, 6.07) is 5.67. The topological polar surface area (TPSA) is 53.6 Å². The number of nitrogens with zero attached hydrogens (tertiary/aromatic N) is 1. The number of para-hydroxylation sites is 1. The predicted molar refractivity (Wildman–Crippen MR) is 87.5 cm³/mol. The molecule has 0 radical (unpaired) electrons. The number of benzene rings is 1. The quantitative estimate of drug-likeness (QED) is 0.820. The molecular formula is C17H24F3N3O2. The van der Waals surface area contributed by atoms with Gasteiger partial charge in [-0.1, -0.05) is 32.0 Å². The summed E-state index contributed by atoms with van der Waals surface area (Å²) >= 11 is 0. The molecule has 1 aromatic rings. The summed E-state index contributed by atoms with van der Waals surface area (Å²) in [5, 5.41) is 0. The van der Waals surface area contributed by atoms with Gasteiger partial charge >= 0.3 is 6.36 Å². The standard InChI is InChI=1S/C17H24F3N3O2/c1-11(2)8-13-9-14(22-21-13)16(24)23(3)10-12-6-4-5-7-15(12)25-17(18,19)20/h4-7,11,13-14,21-22H,8-10H2,1-3H3. The number of halogens is 3. The van der Waals surface area contributed by atoms with E-state index in [0.29, 0.717) is 17.9 Å². The minimum Gasteiger partial charge on any atom is -0.405 e. The zero-order chi connectivity index (χ0) is 18.6. The van der Waals surface area contributed by atoms with E-state index >= 15 is 0 Å². The normalized spacial score (nSPS) is 20.8. The SMILES string of the molecule is CC(C)CC1CC(C(=O)N(C)Cc2ccccc2OC(F)(F)F)NN1. The van der Waals surface area contributed by atoms with Gasteiger partial charge in [0.25, 0.3) is 0 Å². The monoisotopic (exact) mass is 359 g/mol. The molecule has 0 spiro atoms. The highest BCUT2D eigenvalue weighted by Gasteiger charge is 2.33. The Bertz CT molecular complexity index is 593. The Balaban J connectivity index is 1.98. The first-order chi connectivity index (χ1) is 11.7. The smallest absolute Gasteiger partial charge is 0.405 e. The number of carbonyl (C=O) groups is 1. The summed E-state index contributed by atoms with van der Waals surface area (Å²) in [5.74, 6) is 0.0580. The number of alkyl halides is 3. The van der Waals surface area contributed by atoms with E-state index in [2.05, 4.69) is 29.4 Å². The van der Waals surface area contributed by atoms with Crippen molar-refractivity contribution in [2.45, 2.75) is 51.7 Å². The molecule has 2 unspecified atom stereocenters. The molecular weight excluding hydrogens is 335 g/mol. The highest BCUT2D eigenvalue weighted by molar-refractivity contribution is 5.82. The first-order valence-electron chi connectivity index (χ1n) is 8.25. The van der Waals surface area contributed by atoms with E-state index in [4.69, 9.17) is 0 Å². The van der Waals surface area contributed by atoms with Crippen molar-refractivity contribution in [3.8, 4) is 5.75 Å². The van der Waals surface area contributed by atoms with Crippen LogP contribution in [0.3, 0.4) is 0 Å². The summed E-state index contributed by atoms with van der Waals surface area (Å²) < 4.78 is 41.5. The van der Waals surface area contributed by atoms with Crippen LogP contribution in [0.2, 0.25) is 0 Å². The van der Waals surface area contributed by atoms with Crippen LogP contribution in [0, 0.1) is 5.92 Å². The van der Waals surface area contributed by atoms with E-state index in [1.807, 2.05) is 0 Å². The third kappa shape index (κ3) is 5.89. The van der Waals surface area contributed by atoms with Crippen molar-refractivity contribution >= 4 is 5.91 Å². The minimum atomic E-state index is -4.76. The molecule has 0 aliphatic carbocycles. The van der Waals surface area contributed by atoms with Gasteiger partial charge in [-0.05, 0) is 24.8 Å². The molecule has 5 nitrogen and oxygen atoms in total. The van der Waals surface area contributed by atoms with Gasteiger partial charge in [-0.2, -0.15) is 0 Å². The largest absolute Gasteiger partial charge is 0.573 e. The third-order valence-electron chi connectivity index (χ3n) is 4.02.